The number of carbonyl (C=O) groups excluding carboxylic acids is 2. The second-order valence-electron chi connectivity index (χ2n) is 7.84. The van der Waals surface area contributed by atoms with Gasteiger partial charge in [0.15, 0.2) is 0 Å². The molecule has 0 radical (unpaired) electrons. The minimum atomic E-state index is -3.66. The van der Waals surface area contributed by atoms with E-state index >= 15 is 0 Å². The van der Waals surface area contributed by atoms with Crippen LogP contribution < -0.4 is 5.32 Å². The van der Waals surface area contributed by atoms with E-state index in [2.05, 4.69) is 5.32 Å². The second-order valence-corrected chi connectivity index (χ2v) is 9.82. The van der Waals surface area contributed by atoms with E-state index in [9.17, 15) is 18.0 Å². The second kappa shape index (κ2) is 13.1. The Kier molecular flexibility index (Phi) is 10.5. The summed E-state index contributed by atoms with van der Waals surface area (Å²) in [5.41, 5.74) is 1.62. The summed E-state index contributed by atoms with van der Waals surface area (Å²) >= 11 is 0. The van der Waals surface area contributed by atoms with Gasteiger partial charge in [-0.3, -0.25) is 9.59 Å². The minimum absolute atomic E-state index is 0.0716. The molecule has 0 aliphatic heterocycles. The SMILES string of the molecule is COCCCNC(=O)[C@@H](C)N(Cc1ccccc1)C(=O)CN(Cc1ccccc1)S(C)(=O)=O. The summed E-state index contributed by atoms with van der Waals surface area (Å²) in [5.74, 6) is -0.746. The summed E-state index contributed by atoms with van der Waals surface area (Å²) < 4.78 is 31.0. The molecule has 2 aromatic rings. The van der Waals surface area contributed by atoms with Gasteiger partial charge in [0.25, 0.3) is 0 Å². The van der Waals surface area contributed by atoms with Crippen molar-refractivity contribution in [2.45, 2.75) is 32.5 Å². The lowest BCUT2D eigenvalue weighted by molar-refractivity contribution is -0.140. The molecular weight excluding hydrogens is 442 g/mol. The van der Waals surface area contributed by atoms with Crippen LogP contribution in [0.2, 0.25) is 0 Å². The zero-order chi connectivity index (χ0) is 24.3. The van der Waals surface area contributed by atoms with E-state index in [1.807, 2.05) is 48.5 Å². The third-order valence-electron chi connectivity index (χ3n) is 5.17. The lowest BCUT2D eigenvalue weighted by atomic mass is 10.1. The summed E-state index contributed by atoms with van der Waals surface area (Å²) in [6.07, 6.45) is 1.73. The lowest BCUT2D eigenvalue weighted by Crippen LogP contribution is -2.51. The zero-order valence-electron chi connectivity index (χ0n) is 19.4. The molecule has 2 aromatic carbocycles. The molecule has 180 valence electrons. The predicted molar refractivity (Wildman–Crippen MR) is 128 cm³/mol. The molecule has 33 heavy (non-hydrogen) atoms. The highest BCUT2D eigenvalue weighted by Crippen LogP contribution is 2.13. The molecule has 0 aliphatic rings. The van der Waals surface area contributed by atoms with Crippen LogP contribution in [0.25, 0.3) is 0 Å². The number of nitrogens with zero attached hydrogens (tertiary/aromatic N) is 2. The molecule has 0 unspecified atom stereocenters. The Labute approximate surface area is 196 Å². The first-order valence-corrected chi connectivity index (χ1v) is 12.7. The summed E-state index contributed by atoms with van der Waals surface area (Å²) in [4.78, 5) is 27.5. The van der Waals surface area contributed by atoms with Gasteiger partial charge in [-0.15, -0.1) is 0 Å². The molecule has 0 bridgehead atoms. The van der Waals surface area contributed by atoms with Gasteiger partial charge in [0.1, 0.15) is 6.04 Å². The topological polar surface area (TPSA) is 96.0 Å². The number of benzene rings is 2. The van der Waals surface area contributed by atoms with Crippen LogP contribution in [-0.2, 0) is 37.4 Å². The van der Waals surface area contributed by atoms with Crippen LogP contribution in [0.5, 0.6) is 0 Å². The van der Waals surface area contributed by atoms with Gasteiger partial charge in [0, 0.05) is 33.4 Å². The molecule has 0 aromatic heterocycles. The Morgan fingerprint density at radius 2 is 1.52 bits per heavy atom. The molecule has 0 saturated heterocycles. The minimum Gasteiger partial charge on any atom is -0.385 e. The highest BCUT2D eigenvalue weighted by molar-refractivity contribution is 7.88. The molecule has 0 aliphatic carbocycles. The molecule has 0 fully saturated rings. The quantitative estimate of drug-likeness (QED) is 0.447. The number of carbonyl (C=O) groups is 2. The molecule has 1 atom stereocenters. The summed E-state index contributed by atoms with van der Waals surface area (Å²) in [5, 5.41) is 2.82. The Hall–Kier alpha value is -2.75. The first kappa shape index (κ1) is 26.5. The predicted octanol–water partition coefficient (Wildman–Crippen LogP) is 2.02. The normalized spacial score (nSPS) is 12.4. The van der Waals surface area contributed by atoms with Gasteiger partial charge in [0.2, 0.25) is 21.8 Å². The number of amides is 2. The van der Waals surface area contributed by atoms with E-state index < -0.39 is 22.0 Å². The van der Waals surface area contributed by atoms with Crippen LogP contribution in [0.3, 0.4) is 0 Å². The monoisotopic (exact) mass is 475 g/mol. The van der Waals surface area contributed by atoms with E-state index in [1.165, 1.54) is 4.90 Å². The van der Waals surface area contributed by atoms with Crippen molar-refractivity contribution in [1.82, 2.24) is 14.5 Å². The number of rotatable bonds is 13. The van der Waals surface area contributed by atoms with Gasteiger partial charge in [-0.2, -0.15) is 4.31 Å². The largest absolute Gasteiger partial charge is 0.385 e. The number of methoxy groups -OCH3 is 1. The van der Waals surface area contributed by atoms with E-state index in [0.29, 0.717) is 19.6 Å². The molecule has 2 rings (SSSR count). The van der Waals surface area contributed by atoms with Crippen molar-refractivity contribution in [3.8, 4) is 0 Å². The molecule has 0 saturated carbocycles. The Morgan fingerprint density at radius 1 is 0.970 bits per heavy atom. The fourth-order valence-corrected chi connectivity index (χ4v) is 3.99. The van der Waals surface area contributed by atoms with Gasteiger partial charge in [-0.05, 0) is 24.5 Å². The average Bonchev–Trinajstić information content (AvgIpc) is 2.80. The van der Waals surface area contributed by atoms with Crippen molar-refractivity contribution >= 4 is 21.8 Å². The lowest BCUT2D eigenvalue weighted by Gasteiger charge is -2.31. The Balaban J connectivity index is 2.20. The van der Waals surface area contributed by atoms with Crippen LogP contribution in [0, 0.1) is 0 Å². The molecule has 8 nitrogen and oxygen atoms in total. The fourth-order valence-electron chi connectivity index (χ4n) is 3.26. The maximum absolute atomic E-state index is 13.3. The summed E-state index contributed by atoms with van der Waals surface area (Å²) in [7, 11) is -2.07. The van der Waals surface area contributed by atoms with Gasteiger partial charge < -0.3 is 15.0 Å². The maximum atomic E-state index is 13.3. The van der Waals surface area contributed by atoms with Crippen LogP contribution >= 0.6 is 0 Å². The van der Waals surface area contributed by atoms with E-state index in [4.69, 9.17) is 4.74 Å². The molecule has 2 amide bonds. The average molecular weight is 476 g/mol. The maximum Gasteiger partial charge on any atom is 0.242 e. The van der Waals surface area contributed by atoms with E-state index in [1.54, 1.807) is 26.2 Å². The van der Waals surface area contributed by atoms with Crippen LogP contribution in [0.1, 0.15) is 24.5 Å². The zero-order valence-corrected chi connectivity index (χ0v) is 20.3. The molecule has 9 heteroatoms. The third kappa shape index (κ3) is 8.95. The number of ether oxygens (including phenoxy) is 1. The molecular formula is C24H33N3O5S. The van der Waals surface area contributed by atoms with E-state index in [-0.39, 0.29) is 25.5 Å². The van der Waals surface area contributed by atoms with Crippen molar-refractivity contribution in [3.63, 3.8) is 0 Å². The van der Waals surface area contributed by atoms with Gasteiger partial charge in [0.05, 0.1) is 12.8 Å². The number of hydrogen-bond acceptors (Lipinski definition) is 5. The van der Waals surface area contributed by atoms with Crippen LogP contribution in [0.15, 0.2) is 60.7 Å². The van der Waals surface area contributed by atoms with Crippen molar-refractivity contribution in [3.05, 3.63) is 71.8 Å². The standard InChI is InChI=1S/C24H33N3O5S/c1-20(24(29)25-15-10-16-32-2)27(18-22-13-8-5-9-14-22)23(28)19-26(33(3,30)31)17-21-11-6-4-7-12-21/h4-9,11-14,20H,10,15-19H2,1-3H3,(H,25,29)/t20-/m1/s1. The van der Waals surface area contributed by atoms with E-state index in [0.717, 1.165) is 21.7 Å². The van der Waals surface area contributed by atoms with Crippen molar-refractivity contribution < 1.29 is 22.7 Å². The summed E-state index contributed by atoms with van der Waals surface area (Å²) in [6, 6.07) is 17.6. The smallest absolute Gasteiger partial charge is 0.242 e. The van der Waals surface area contributed by atoms with Gasteiger partial charge in [-0.1, -0.05) is 60.7 Å². The van der Waals surface area contributed by atoms with Gasteiger partial charge in [-0.25, -0.2) is 8.42 Å². The number of sulfonamides is 1. The first-order valence-electron chi connectivity index (χ1n) is 10.8. The molecule has 0 heterocycles. The van der Waals surface area contributed by atoms with Crippen LogP contribution in [0.4, 0.5) is 0 Å². The molecule has 0 spiro atoms. The Bertz CT molecular complexity index is 984. The highest BCUT2D eigenvalue weighted by Gasteiger charge is 2.29. The Morgan fingerprint density at radius 3 is 2.03 bits per heavy atom. The summed E-state index contributed by atoms with van der Waals surface area (Å²) in [6.45, 7) is 2.49. The van der Waals surface area contributed by atoms with Crippen molar-refractivity contribution in [1.29, 1.82) is 0 Å². The molecule has 1 N–H and O–H groups in total. The fraction of sp³-hybridized carbons (Fsp3) is 0.417. The highest BCUT2D eigenvalue weighted by atomic mass is 32.2. The first-order chi connectivity index (χ1) is 15.7. The number of nitrogens with one attached hydrogen (secondary N) is 1. The van der Waals surface area contributed by atoms with Crippen molar-refractivity contribution in [2.75, 3.05) is 33.1 Å². The number of hydrogen-bond donors (Lipinski definition) is 1. The van der Waals surface area contributed by atoms with Crippen molar-refractivity contribution in [2.24, 2.45) is 0 Å². The van der Waals surface area contributed by atoms with Gasteiger partial charge >= 0.3 is 0 Å². The third-order valence-corrected chi connectivity index (χ3v) is 6.37. The van der Waals surface area contributed by atoms with Crippen LogP contribution in [-0.4, -0.2) is 68.5 Å².